The van der Waals surface area contributed by atoms with Gasteiger partial charge in [0.15, 0.2) is 0 Å². The van der Waals surface area contributed by atoms with Crippen LogP contribution in [0, 0.1) is 0 Å². The van der Waals surface area contributed by atoms with Crippen molar-refractivity contribution in [2.45, 2.75) is 25.7 Å². The van der Waals surface area contributed by atoms with E-state index in [1.54, 1.807) is 0 Å². The fraction of sp³-hybridized carbons (Fsp3) is 0.400. The molecule has 0 fully saturated rings. The fourth-order valence-electron chi connectivity index (χ4n) is 0.946. The van der Waals surface area contributed by atoms with E-state index in [0.29, 0.717) is 0 Å². The maximum Gasteiger partial charge on any atom is 0.119 e. The van der Waals surface area contributed by atoms with E-state index in [9.17, 15) is 0 Å². The molecule has 0 amide bonds. The lowest BCUT2D eigenvalue weighted by Crippen LogP contribution is -2.05. The molecule has 0 saturated carbocycles. The van der Waals surface area contributed by atoms with E-state index in [1.807, 2.05) is 38.1 Å². The Hall–Kier alpha value is -0.630. The molecule has 0 aliphatic heterocycles. The monoisotopic (exact) mass is 182 g/mol. The zero-order valence-electron chi connectivity index (χ0n) is 7.45. The van der Waals surface area contributed by atoms with Crippen LogP contribution in [0.5, 0.6) is 5.75 Å². The minimum absolute atomic E-state index is 0.242. The molecule has 0 N–H and O–H groups in total. The van der Waals surface area contributed by atoms with Gasteiger partial charge in [-0.25, -0.2) is 0 Å². The quantitative estimate of drug-likeness (QED) is 0.707. The summed E-state index contributed by atoms with van der Waals surface area (Å²) in [5, 5.41) is 0. The van der Waals surface area contributed by atoms with E-state index in [2.05, 4.69) is 12.6 Å². The molecule has 0 atom stereocenters. The number of ether oxygens (including phenoxy) is 1. The van der Waals surface area contributed by atoms with E-state index < -0.39 is 0 Å². The number of thiol groups is 1. The molecular weight excluding hydrogens is 168 g/mol. The lowest BCUT2D eigenvalue weighted by molar-refractivity contribution is 0.242. The molecule has 0 spiro atoms. The van der Waals surface area contributed by atoms with Crippen molar-refractivity contribution < 1.29 is 4.74 Å². The molecule has 1 aromatic carbocycles. The zero-order valence-corrected chi connectivity index (χ0v) is 8.34. The second-order valence-corrected chi connectivity index (χ2v) is 3.28. The average molecular weight is 182 g/mol. The van der Waals surface area contributed by atoms with Crippen molar-refractivity contribution in [2.75, 3.05) is 0 Å². The normalized spacial score (nSPS) is 10.3. The molecule has 2 heteroatoms. The molecule has 1 aromatic rings. The topological polar surface area (TPSA) is 9.23 Å². The first-order valence-electron chi connectivity index (χ1n) is 4.09. The molecule has 1 nitrogen and oxygen atoms in total. The summed E-state index contributed by atoms with van der Waals surface area (Å²) in [4.78, 5) is 0. The Morgan fingerprint density at radius 3 is 2.25 bits per heavy atom. The molecule has 0 unspecified atom stereocenters. The molecule has 0 aliphatic carbocycles. The predicted octanol–water partition coefficient (Wildman–Crippen LogP) is 2.90. The van der Waals surface area contributed by atoms with Gasteiger partial charge in [-0.15, -0.1) is 0 Å². The van der Waals surface area contributed by atoms with Crippen molar-refractivity contribution in [1.29, 1.82) is 0 Å². The van der Waals surface area contributed by atoms with Crippen LogP contribution in [0.15, 0.2) is 24.3 Å². The van der Waals surface area contributed by atoms with Crippen LogP contribution in [0.2, 0.25) is 0 Å². The number of hydrogen-bond acceptors (Lipinski definition) is 2. The van der Waals surface area contributed by atoms with Gasteiger partial charge < -0.3 is 4.74 Å². The van der Waals surface area contributed by atoms with Gasteiger partial charge in [-0.1, -0.05) is 12.1 Å². The SMILES string of the molecule is CC(C)Oc1ccc(CS)cc1. The molecule has 0 heterocycles. The summed E-state index contributed by atoms with van der Waals surface area (Å²) in [6.45, 7) is 4.04. The Morgan fingerprint density at radius 1 is 1.25 bits per heavy atom. The van der Waals surface area contributed by atoms with Gasteiger partial charge in [0.05, 0.1) is 6.10 Å². The van der Waals surface area contributed by atoms with Crippen LogP contribution in [0.3, 0.4) is 0 Å². The van der Waals surface area contributed by atoms with Gasteiger partial charge in [0, 0.05) is 5.75 Å². The van der Waals surface area contributed by atoms with Crippen molar-refractivity contribution in [1.82, 2.24) is 0 Å². The zero-order chi connectivity index (χ0) is 8.97. The molecule has 1 rings (SSSR count). The van der Waals surface area contributed by atoms with Crippen molar-refractivity contribution in [3.05, 3.63) is 29.8 Å². The Kier molecular flexibility index (Phi) is 3.48. The highest BCUT2D eigenvalue weighted by molar-refractivity contribution is 7.79. The summed E-state index contributed by atoms with van der Waals surface area (Å²) in [5.41, 5.74) is 1.22. The van der Waals surface area contributed by atoms with E-state index in [0.717, 1.165) is 11.5 Å². The maximum atomic E-state index is 5.49. The van der Waals surface area contributed by atoms with Crippen LogP contribution in [-0.2, 0) is 5.75 Å². The average Bonchev–Trinajstić information content (AvgIpc) is 2.05. The Bertz CT molecular complexity index is 228. The van der Waals surface area contributed by atoms with E-state index >= 15 is 0 Å². The van der Waals surface area contributed by atoms with Crippen LogP contribution in [0.4, 0.5) is 0 Å². The molecule has 0 saturated heterocycles. The highest BCUT2D eigenvalue weighted by Gasteiger charge is 1.96. The molecule has 0 radical (unpaired) electrons. The van der Waals surface area contributed by atoms with Gasteiger partial charge in [-0.2, -0.15) is 12.6 Å². The Balaban J connectivity index is 2.65. The standard InChI is InChI=1S/C10H14OS/c1-8(2)11-10-5-3-9(7-12)4-6-10/h3-6,8,12H,7H2,1-2H3. The van der Waals surface area contributed by atoms with Gasteiger partial charge in [0.25, 0.3) is 0 Å². The number of rotatable bonds is 3. The van der Waals surface area contributed by atoms with Crippen molar-refractivity contribution in [3.63, 3.8) is 0 Å². The first-order chi connectivity index (χ1) is 5.72. The van der Waals surface area contributed by atoms with Crippen LogP contribution >= 0.6 is 12.6 Å². The van der Waals surface area contributed by atoms with E-state index in [4.69, 9.17) is 4.74 Å². The Labute approximate surface area is 79.2 Å². The van der Waals surface area contributed by atoms with Gasteiger partial charge in [0.2, 0.25) is 0 Å². The third-order valence-electron chi connectivity index (χ3n) is 1.48. The summed E-state index contributed by atoms with van der Waals surface area (Å²) in [6.07, 6.45) is 0.242. The number of hydrogen-bond donors (Lipinski definition) is 1. The maximum absolute atomic E-state index is 5.49. The Morgan fingerprint density at radius 2 is 1.83 bits per heavy atom. The molecular formula is C10H14OS. The first-order valence-corrected chi connectivity index (χ1v) is 4.72. The summed E-state index contributed by atoms with van der Waals surface area (Å²) in [6, 6.07) is 8.02. The fourth-order valence-corrected chi connectivity index (χ4v) is 1.16. The molecule has 66 valence electrons. The van der Waals surface area contributed by atoms with E-state index in [1.165, 1.54) is 5.56 Å². The highest BCUT2D eigenvalue weighted by Crippen LogP contribution is 2.14. The smallest absolute Gasteiger partial charge is 0.119 e. The minimum Gasteiger partial charge on any atom is -0.491 e. The van der Waals surface area contributed by atoms with E-state index in [-0.39, 0.29) is 6.10 Å². The molecule has 0 aromatic heterocycles. The predicted molar refractivity (Wildman–Crippen MR) is 54.9 cm³/mol. The van der Waals surface area contributed by atoms with Crippen LogP contribution in [-0.4, -0.2) is 6.10 Å². The van der Waals surface area contributed by atoms with Gasteiger partial charge in [-0.3, -0.25) is 0 Å². The third-order valence-corrected chi connectivity index (χ3v) is 1.84. The van der Waals surface area contributed by atoms with Gasteiger partial charge in [-0.05, 0) is 31.5 Å². The lowest BCUT2D eigenvalue weighted by Gasteiger charge is -2.09. The van der Waals surface area contributed by atoms with Crippen LogP contribution in [0.1, 0.15) is 19.4 Å². The molecule has 0 bridgehead atoms. The lowest BCUT2D eigenvalue weighted by atomic mass is 10.2. The van der Waals surface area contributed by atoms with Gasteiger partial charge >= 0.3 is 0 Å². The molecule has 12 heavy (non-hydrogen) atoms. The first kappa shape index (κ1) is 9.46. The van der Waals surface area contributed by atoms with Crippen molar-refractivity contribution in [3.8, 4) is 5.75 Å². The second-order valence-electron chi connectivity index (χ2n) is 2.97. The molecule has 0 aliphatic rings. The van der Waals surface area contributed by atoms with Gasteiger partial charge in [0.1, 0.15) is 5.75 Å². The minimum atomic E-state index is 0.242. The van der Waals surface area contributed by atoms with Crippen molar-refractivity contribution >= 4 is 12.6 Å². The van der Waals surface area contributed by atoms with Crippen LogP contribution in [0.25, 0.3) is 0 Å². The second kappa shape index (κ2) is 4.41. The third kappa shape index (κ3) is 2.78. The largest absolute Gasteiger partial charge is 0.491 e. The van der Waals surface area contributed by atoms with Crippen LogP contribution < -0.4 is 4.74 Å². The summed E-state index contributed by atoms with van der Waals surface area (Å²) in [5.74, 6) is 1.71. The number of benzene rings is 1. The summed E-state index contributed by atoms with van der Waals surface area (Å²) in [7, 11) is 0. The van der Waals surface area contributed by atoms with Crippen molar-refractivity contribution in [2.24, 2.45) is 0 Å². The highest BCUT2D eigenvalue weighted by atomic mass is 32.1. The summed E-state index contributed by atoms with van der Waals surface area (Å²) < 4.78 is 5.49. The summed E-state index contributed by atoms with van der Waals surface area (Å²) >= 11 is 4.17.